The molecule has 3 aromatic heterocycles. The highest BCUT2D eigenvalue weighted by Gasteiger charge is 2.22. The lowest BCUT2D eigenvalue weighted by Gasteiger charge is -2.35. The second-order valence-corrected chi connectivity index (χ2v) is 8.21. The molecule has 9 nitrogen and oxygen atoms in total. The lowest BCUT2D eigenvalue weighted by Crippen LogP contribution is -2.46. The fraction of sp³-hybridized carbons (Fsp3) is 0.368. The number of anilines is 1. The maximum absolute atomic E-state index is 14.3. The first kappa shape index (κ1) is 20.2. The van der Waals surface area contributed by atoms with Gasteiger partial charge in [0.05, 0.1) is 11.2 Å². The van der Waals surface area contributed by atoms with Crippen molar-refractivity contribution in [1.29, 1.82) is 0 Å². The monoisotopic (exact) mass is 432 g/mol. The first-order valence-corrected chi connectivity index (χ1v) is 10.4. The number of aromatic nitrogens is 3. The van der Waals surface area contributed by atoms with Crippen molar-refractivity contribution in [2.24, 2.45) is 5.73 Å². The Morgan fingerprint density at radius 2 is 2.00 bits per heavy atom. The number of amides is 1. The summed E-state index contributed by atoms with van der Waals surface area (Å²) in [4.78, 5) is 47.0. The highest BCUT2D eigenvalue weighted by molar-refractivity contribution is 7.18. The molecule has 1 fully saturated rings. The van der Waals surface area contributed by atoms with Gasteiger partial charge in [-0.3, -0.25) is 19.1 Å². The van der Waals surface area contributed by atoms with E-state index in [-0.39, 0.29) is 11.3 Å². The Hall–Kier alpha value is -3.05. The van der Waals surface area contributed by atoms with Crippen LogP contribution in [0.1, 0.15) is 22.3 Å². The Morgan fingerprint density at radius 1 is 1.27 bits per heavy atom. The summed E-state index contributed by atoms with van der Waals surface area (Å²) in [5.74, 6) is -1.47. The summed E-state index contributed by atoms with van der Waals surface area (Å²) in [6, 6.07) is 4.80. The Kier molecular flexibility index (Phi) is 5.39. The lowest BCUT2D eigenvalue weighted by atomic mass is 10.2. The van der Waals surface area contributed by atoms with Crippen LogP contribution in [0.25, 0.3) is 10.2 Å². The standard InChI is InChI=1S/C19H21FN6O3S/c1-2-26-18(28)15-13(23-19(26)29)9-11(30-15)10-24-5-7-25(8-6-24)14-4-3-12(17(21)27)22-16(14)20/h3-4,9H,2,5-8,10H2,1H3,(H2,21,27)(H,23,29). The van der Waals surface area contributed by atoms with Crippen molar-refractivity contribution in [3.05, 3.63) is 55.6 Å². The number of rotatable bonds is 5. The highest BCUT2D eigenvalue weighted by Crippen LogP contribution is 2.24. The molecule has 4 rings (SSSR count). The van der Waals surface area contributed by atoms with Gasteiger partial charge in [0.25, 0.3) is 11.5 Å². The third-order valence-electron chi connectivity index (χ3n) is 5.20. The van der Waals surface area contributed by atoms with Gasteiger partial charge in [0.1, 0.15) is 10.4 Å². The van der Waals surface area contributed by atoms with Crippen LogP contribution in [0.3, 0.4) is 0 Å². The third kappa shape index (κ3) is 3.73. The quantitative estimate of drug-likeness (QED) is 0.574. The first-order valence-electron chi connectivity index (χ1n) is 9.56. The van der Waals surface area contributed by atoms with Gasteiger partial charge in [0.2, 0.25) is 5.95 Å². The molecule has 1 amide bonds. The van der Waals surface area contributed by atoms with Crippen LogP contribution in [0.15, 0.2) is 27.8 Å². The van der Waals surface area contributed by atoms with Gasteiger partial charge >= 0.3 is 5.69 Å². The van der Waals surface area contributed by atoms with Gasteiger partial charge in [-0.2, -0.15) is 4.39 Å². The molecule has 0 aromatic carbocycles. The number of fused-ring (bicyclic) bond motifs is 1. The van der Waals surface area contributed by atoms with Gasteiger partial charge in [-0.25, -0.2) is 9.78 Å². The maximum Gasteiger partial charge on any atom is 0.328 e. The molecule has 3 N–H and O–H groups in total. The number of carbonyl (C=O) groups excluding carboxylic acids is 1. The van der Waals surface area contributed by atoms with E-state index in [9.17, 15) is 18.8 Å². The zero-order valence-corrected chi connectivity index (χ0v) is 17.2. The predicted octanol–water partition coefficient (Wildman–Crippen LogP) is 0.726. The largest absolute Gasteiger partial charge is 0.365 e. The van der Waals surface area contributed by atoms with Crippen LogP contribution in [0.4, 0.5) is 10.1 Å². The molecule has 0 atom stereocenters. The molecule has 0 spiro atoms. The summed E-state index contributed by atoms with van der Waals surface area (Å²) in [6.45, 7) is 5.31. The number of piperazine rings is 1. The van der Waals surface area contributed by atoms with E-state index in [0.717, 1.165) is 4.88 Å². The van der Waals surface area contributed by atoms with Crippen LogP contribution >= 0.6 is 11.3 Å². The van der Waals surface area contributed by atoms with E-state index in [0.29, 0.717) is 55.2 Å². The van der Waals surface area contributed by atoms with Crippen molar-refractivity contribution >= 4 is 33.1 Å². The summed E-state index contributed by atoms with van der Waals surface area (Å²) in [5, 5.41) is 0. The van der Waals surface area contributed by atoms with Crippen molar-refractivity contribution < 1.29 is 9.18 Å². The minimum Gasteiger partial charge on any atom is -0.365 e. The summed E-state index contributed by atoms with van der Waals surface area (Å²) in [5.41, 5.74) is 5.29. The van der Waals surface area contributed by atoms with E-state index in [1.165, 1.54) is 28.0 Å². The number of carbonyl (C=O) groups is 1. The van der Waals surface area contributed by atoms with Gasteiger partial charge < -0.3 is 15.6 Å². The maximum atomic E-state index is 14.3. The Labute approximate surface area is 174 Å². The minimum atomic E-state index is -0.763. The van der Waals surface area contributed by atoms with Crippen LogP contribution < -0.4 is 21.9 Å². The summed E-state index contributed by atoms with van der Waals surface area (Å²) < 4.78 is 16.0. The Bertz CT molecular complexity index is 1230. The predicted molar refractivity (Wildman–Crippen MR) is 113 cm³/mol. The molecule has 3 aromatic rings. The van der Waals surface area contributed by atoms with Crippen LogP contribution in [-0.2, 0) is 13.1 Å². The molecule has 11 heteroatoms. The van der Waals surface area contributed by atoms with Crippen molar-refractivity contribution in [2.75, 3.05) is 31.1 Å². The molecular formula is C19H21FN6O3S. The number of nitrogens with zero attached hydrogens (tertiary/aromatic N) is 4. The van der Waals surface area contributed by atoms with Crippen molar-refractivity contribution in [3.63, 3.8) is 0 Å². The van der Waals surface area contributed by atoms with Gasteiger partial charge in [0.15, 0.2) is 0 Å². The number of hydrogen-bond donors (Lipinski definition) is 2. The van der Waals surface area contributed by atoms with Crippen LogP contribution in [0.5, 0.6) is 0 Å². The second-order valence-electron chi connectivity index (χ2n) is 7.07. The molecule has 1 aliphatic rings. The number of pyridine rings is 1. The first-order chi connectivity index (χ1) is 14.4. The Balaban J connectivity index is 1.45. The molecule has 158 valence electrons. The van der Waals surface area contributed by atoms with Crippen LogP contribution in [0, 0.1) is 5.95 Å². The number of H-pyrrole nitrogens is 1. The number of halogens is 1. The van der Waals surface area contributed by atoms with E-state index in [4.69, 9.17) is 5.73 Å². The normalized spacial score (nSPS) is 15.1. The van der Waals surface area contributed by atoms with E-state index < -0.39 is 17.5 Å². The van der Waals surface area contributed by atoms with E-state index in [1.807, 2.05) is 11.0 Å². The second kappa shape index (κ2) is 8.00. The van der Waals surface area contributed by atoms with Crippen LogP contribution in [0.2, 0.25) is 0 Å². The van der Waals surface area contributed by atoms with E-state index in [2.05, 4.69) is 14.9 Å². The SMILES string of the molecule is CCn1c(=O)[nH]c2cc(CN3CCN(c4ccc(C(N)=O)nc4F)CC3)sc2c1=O. The molecule has 1 aliphatic heterocycles. The molecule has 0 saturated carbocycles. The summed E-state index contributed by atoms with van der Waals surface area (Å²) in [6.07, 6.45) is 0. The molecule has 0 bridgehead atoms. The number of hydrogen-bond acceptors (Lipinski definition) is 7. The molecule has 0 radical (unpaired) electrons. The molecule has 30 heavy (non-hydrogen) atoms. The van der Waals surface area contributed by atoms with Crippen LogP contribution in [-0.4, -0.2) is 51.5 Å². The van der Waals surface area contributed by atoms with E-state index in [1.54, 1.807) is 6.92 Å². The number of aromatic amines is 1. The lowest BCUT2D eigenvalue weighted by molar-refractivity contribution is 0.0994. The van der Waals surface area contributed by atoms with Gasteiger partial charge in [-0.15, -0.1) is 11.3 Å². The van der Waals surface area contributed by atoms with E-state index >= 15 is 0 Å². The number of thiophene rings is 1. The molecular weight excluding hydrogens is 411 g/mol. The minimum absolute atomic E-state index is 0.0974. The Morgan fingerprint density at radius 3 is 2.63 bits per heavy atom. The number of nitrogens with two attached hydrogens (primary N) is 1. The molecule has 0 aliphatic carbocycles. The molecule has 0 unspecified atom stereocenters. The third-order valence-corrected chi connectivity index (χ3v) is 6.31. The fourth-order valence-corrected chi connectivity index (χ4v) is 4.73. The van der Waals surface area contributed by atoms with Gasteiger partial charge in [-0.05, 0) is 25.1 Å². The molecule has 4 heterocycles. The smallest absolute Gasteiger partial charge is 0.328 e. The average Bonchev–Trinajstić information content (AvgIpc) is 3.11. The topological polar surface area (TPSA) is 117 Å². The average molecular weight is 432 g/mol. The van der Waals surface area contributed by atoms with Gasteiger partial charge in [-0.1, -0.05) is 0 Å². The van der Waals surface area contributed by atoms with Crippen molar-refractivity contribution in [3.8, 4) is 0 Å². The van der Waals surface area contributed by atoms with Crippen molar-refractivity contribution in [1.82, 2.24) is 19.4 Å². The number of nitrogens with one attached hydrogen (secondary N) is 1. The molecule has 1 saturated heterocycles. The summed E-state index contributed by atoms with van der Waals surface area (Å²) in [7, 11) is 0. The highest BCUT2D eigenvalue weighted by atomic mass is 32.1. The van der Waals surface area contributed by atoms with Crippen molar-refractivity contribution in [2.45, 2.75) is 20.0 Å². The summed E-state index contributed by atoms with van der Waals surface area (Å²) >= 11 is 1.39. The fourth-order valence-electron chi connectivity index (χ4n) is 3.62. The zero-order valence-electron chi connectivity index (χ0n) is 16.4. The van der Waals surface area contributed by atoms with Gasteiger partial charge in [0, 0.05) is 44.1 Å². The zero-order chi connectivity index (χ0) is 21.4. The number of primary amides is 1.